The van der Waals surface area contributed by atoms with E-state index in [1.54, 1.807) is 13.2 Å². The zero-order valence-electron chi connectivity index (χ0n) is 15.8. The quantitative estimate of drug-likeness (QED) is 0.752. The lowest BCUT2D eigenvalue weighted by atomic mass is 9.91. The number of methoxy groups -OCH3 is 1. The molecule has 1 heterocycles. The second kappa shape index (κ2) is 8.05. The van der Waals surface area contributed by atoms with E-state index in [4.69, 9.17) is 9.47 Å². The first-order valence-electron chi connectivity index (χ1n) is 9.06. The number of phenolic OH excluding ortho intramolecular Hbond substituents is 2. The molecule has 2 N–H and O–H groups in total. The number of amides is 1. The highest BCUT2D eigenvalue weighted by molar-refractivity contribution is 5.98. The van der Waals surface area contributed by atoms with Crippen molar-refractivity contribution >= 4 is 5.91 Å². The smallest absolute Gasteiger partial charge is 0.258 e. The largest absolute Gasteiger partial charge is 0.508 e. The normalized spacial score (nSPS) is 21.3. The molecule has 1 fully saturated rings. The molecule has 1 saturated heterocycles. The molecule has 2 atom stereocenters. The maximum absolute atomic E-state index is 12.9. The first-order valence-corrected chi connectivity index (χ1v) is 9.06. The van der Waals surface area contributed by atoms with Crippen molar-refractivity contribution in [3.63, 3.8) is 0 Å². The van der Waals surface area contributed by atoms with Gasteiger partial charge in [-0.15, -0.1) is 0 Å². The van der Waals surface area contributed by atoms with E-state index in [9.17, 15) is 15.0 Å². The molecule has 1 aromatic carbocycles. The van der Waals surface area contributed by atoms with Crippen molar-refractivity contribution in [2.45, 2.75) is 19.8 Å². The summed E-state index contributed by atoms with van der Waals surface area (Å²) in [7, 11) is 1.62. The van der Waals surface area contributed by atoms with Gasteiger partial charge in [-0.25, -0.2) is 0 Å². The monoisotopic (exact) mass is 371 g/mol. The number of fused-ring (bicyclic) bond motifs is 1. The summed E-state index contributed by atoms with van der Waals surface area (Å²) in [4.78, 5) is 14.4. The number of nitrogens with zero attached hydrogens (tertiary/aromatic N) is 1. The number of rotatable bonds is 6. The first-order chi connectivity index (χ1) is 12.9. The van der Waals surface area contributed by atoms with Crippen molar-refractivity contribution in [3.8, 4) is 11.5 Å². The summed E-state index contributed by atoms with van der Waals surface area (Å²) < 4.78 is 10.6. The Morgan fingerprint density at radius 3 is 2.78 bits per heavy atom. The summed E-state index contributed by atoms with van der Waals surface area (Å²) in [6.07, 6.45) is 5.85. The van der Waals surface area contributed by atoms with Gasteiger partial charge in [0.1, 0.15) is 30.4 Å². The van der Waals surface area contributed by atoms with Gasteiger partial charge in [-0.2, -0.15) is 0 Å². The van der Waals surface area contributed by atoms with Crippen LogP contribution in [0.25, 0.3) is 0 Å². The Bertz CT molecular complexity index is 768. The second-order valence-corrected chi connectivity index (χ2v) is 7.09. The summed E-state index contributed by atoms with van der Waals surface area (Å²) in [6, 6.07) is 2.79. The molecule has 1 aliphatic heterocycles. The van der Waals surface area contributed by atoms with Gasteiger partial charge >= 0.3 is 0 Å². The van der Waals surface area contributed by atoms with Gasteiger partial charge in [0.2, 0.25) is 0 Å². The molecule has 2 unspecified atom stereocenters. The first kappa shape index (κ1) is 19.3. The van der Waals surface area contributed by atoms with Crippen LogP contribution < -0.4 is 0 Å². The SMILES string of the molecule is COCCOC1=CC2CN(C(=O)c3cc(C(C)C)c(O)cc3O)[C]C2C=C1. The molecule has 1 aliphatic carbocycles. The summed E-state index contributed by atoms with van der Waals surface area (Å²) >= 11 is 0. The van der Waals surface area contributed by atoms with Crippen LogP contribution in [-0.2, 0) is 9.47 Å². The van der Waals surface area contributed by atoms with Gasteiger partial charge in [-0.3, -0.25) is 4.79 Å². The molecule has 1 amide bonds. The molecule has 0 spiro atoms. The number of aromatic hydroxyl groups is 2. The van der Waals surface area contributed by atoms with Gasteiger partial charge in [0.15, 0.2) is 0 Å². The maximum atomic E-state index is 12.9. The van der Waals surface area contributed by atoms with E-state index in [1.165, 1.54) is 11.0 Å². The van der Waals surface area contributed by atoms with Gasteiger partial charge < -0.3 is 24.6 Å². The standard InChI is InChI=1S/C21H25NO5/c1-13(2)17-9-18(20(24)10-19(17)23)21(25)22-11-14-4-5-16(8-15(14)12-22)27-7-6-26-3/h4-5,8-10,13-15,23-24H,6-7,12H2,1-3H3. The second-order valence-electron chi connectivity index (χ2n) is 7.09. The Balaban J connectivity index is 1.73. The van der Waals surface area contributed by atoms with Gasteiger partial charge in [-0.1, -0.05) is 19.9 Å². The van der Waals surface area contributed by atoms with Crippen LogP contribution in [0.2, 0.25) is 0 Å². The predicted molar refractivity (Wildman–Crippen MR) is 100 cm³/mol. The minimum Gasteiger partial charge on any atom is -0.508 e. The van der Waals surface area contributed by atoms with E-state index >= 15 is 0 Å². The fourth-order valence-corrected chi connectivity index (χ4v) is 3.31. The molecule has 0 aromatic heterocycles. The zero-order chi connectivity index (χ0) is 19.6. The number of hydrogen-bond acceptors (Lipinski definition) is 5. The third-order valence-electron chi connectivity index (χ3n) is 4.80. The Morgan fingerprint density at radius 2 is 2.07 bits per heavy atom. The lowest BCUT2D eigenvalue weighted by Crippen LogP contribution is -2.26. The lowest BCUT2D eigenvalue weighted by molar-refractivity contribution is 0.0812. The van der Waals surface area contributed by atoms with Crippen molar-refractivity contribution in [2.24, 2.45) is 11.8 Å². The summed E-state index contributed by atoms with van der Waals surface area (Å²) in [5.74, 6) is 0.308. The number of benzene rings is 1. The Labute approximate surface area is 159 Å². The molecule has 6 nitrogen and oxygen atoms in total. The molecule has 2 radical (unpaired) electrons. The molecule has 2 aliphatic rings. The minimum atomic E-state index is -0.326. The van der Waals surface area contributed by atoms with E-state index in [2.05, 4.69) is 6.54 Å². The molecular formula is C21H25NO5. The Kier molecular flexibility index (Phi) is 5.75. The van der Waals surface area contributed by atoms with Crippen molar-refractivity contribution < 1.29 is 24.5 Å². The molecule has 0 saturated carbocycles. The van der Waals surface area contributed by atoms with Crippen molar-refractivity contribution in [1.29, 1.82) is 0 Å². The van der Waals surface area contributed by atoms with Crippen molar-refractivity contribution in [3.05, 3.63) is 53.8 Å². The summed E-state index contributed by atoms with van der Waals surface area (Å²) in [6.45, 7) is 8.46. The third kappa shape index (κ3) is 4.11. The molecule has 0 bridgehead atoms. The van der Waals surface area contributed by atoms with Crippen molar-refractivity contribution in [1.82, 2.24) is 4.90 Å². The van der Waals surface area contributed by atoms with Crippen LogP contribution in [0.4, 0.5) is 0 Å². The zero-order valence-corrected chi connectivity index (χ0v) is 15.8. The number of hydrogen-bond donors (Lipinski definition) is 2. The number of ether oxygens (including phenoxy) is 2. The average molecular weight is 371 g/mol. The lowest BCUT2D eigenvalue weighted by Gasteiger charge is -2.18. The molecule has 27 heavy (non-hydrogen) atoms. The highest BCUT2D eigenvalue weighted by atomic mass is 16.5. The fraction of sp³-hybridized carbons (Fsp3) is 0.429. The van der Waals surface area contributed by atoms with Crippen LogP contribution in [0.1, 0.15) is 35.7 Å². The summed E-state index contributed by atoms with van der Waals surface area (Å²) in [5, 5.41) is 20.1. The molecule has 144 valence electrons. The highest BCUT2D eigenvalue weighted by Gasteiger charge is 2.37. The Morgan fingerprint density at radius 1 is 1.30 bits per heavy atom. The maximum Gasteiger partial charge on any atom is 0.258 e. The number of allylic oxidation sites excluding steroid dienone is 1. The van der Waals surface area contributed by atoms with Crippen molar-refractivity contribution in [2.75, 3.05) is 26.9 Å². The van der Waals surface area contributed by atoms with Crippen LogP contribution in [0.3, 0.4) is 0 Å². The minimum absolute atomic E-state index is 0.00690. The fourth-order valence-electron chi connectivity index (χ4n) is 3.31. The number of carbonyl (C=O) groups is 1. The van der Waals surface area contributed by atoms with Gasteiger partial charge in [-0.05, 0) is 29.7 Å². The van der Waals surface area contributed by atoms with E-state index in [1.807, 2.05) is 32.1 Å². The van der Waals surface area contributed by atoms with Gasteiger partial charge in [0, 0.05) is 31.6 Å². The van der Waals surface area contributed by atoms with Gasteiger partial charge in [0.25, 0.3) is 5.91 Å². The molecule has 3 rings (SSSR count). The highest BCUT2D eigenvalue weighted by Crippen LogP contribution is 2.37. The summed E-state index contributed by atoms with van der Waals surface area (Å²) in [5.41, 5.74) is 0.800. The molecule has 1 aromatic rings. The number of likely N-dealkylation sites (tertiary alicyclic amines) is 1. The average Bonchev–Trinajstić information content (AvgIpc) is 3.04. The van der Waals surface area contributed by atoms with Crippen LogP contribution in [0.15, 0.2) is 36.1 Å². The van der Waals surface area contributed by atoms with E-state index in [0.29, 0.717) is 25.3 Å². The van der Waals surface area contributed by atoms with E-state index in [0.717, 1.165) is 5.76 Å². The van der Waals surface area contributed by atoms with E-state index < -0.39 is 0 Å². The number of phenols is 2. The van der Waals surface area contributed by atoms with Crippen LogP contribution >= 0.6 is 0 Å². The van der Waals surface area contributed by atoms with Gasteiger partial charge in [0.05, 0.1) is 12.2 Å². The predicted octanol–water partition coefficient (Wildman–Crippen LogP) is 3.06. The Hall–Kier alpha value is -2.47. The van der Waals surface area contributed by atoms with Crippen LogP contribution in [0, 0.1) is 18.4 Å². The molecular weight excluding hydrogens is 346 g/mol. The number of carbonyl (C=O) groups excluding carboxylic acids is 1. The van der Waals surface area contributed by atoms with E-state index in [-0.39, 0.29) is 40.7 Å². The van der Waals surface area contributed by atoms with Crippen LogP contribution in [-0.4, -0.2) is 47.9 Å². The third-order valence-corrected chi connectivity index (χ3v) is 4.80. The molecule has 6 heteroatoms. The topological polar surface area (TPSA) is 79.2 Å². The van der Waals surface area contributed by atoms with Crippen LogP contribution in [0.5, 0.6) is 11.5 Å².